The molecule has 0 heterocycles. The first-order valence-corrected chi connectivity index (χ1v) is 5.91. The highest BCUT2D eigenvalue weighted by atomic mass is 16.6. The van der Waals surface area contributed by atoms with Crippen LogP contribution in [-0.2, 0) is 6.54 Å². The van der Waals surface area contributed by atoms with Crippen LogP contribution in [0.15, 0.2) is 42.5 Å². The normalized spacial score (nSPS) is 10.2. The molecular weight excluding hydrogens is 242 g/mol. The number of nitro benzene ring substituents is 1. The molecule has 0 aromatic heterocycles. The molecule has 2 aromatic rings. The lowest BCUT2D eigenvalue weighted by Crippen LogP contribution is -2.01. The summed E-state index contributed by atoms with van der Waals surface area (Å²) in [6.07, 6.45) is 0. The zero-order valence-corrected chi connectivity index (χ0v) is 10.6. The zero-order valence-electron chi connectivity index (χ0n) is 10.6. The van der Waals surface area contributed by atoms with Crippen molar-refractivity contribution in [2.75, 3.05) is 5.32 Å². The Morgan fingerprint density at radius 1 is 1.21 bits per heavy atom. The van der Waals surface area contributed by atoms with Crippen molar-refractivity contribution in [1.29, 1.82) is 0 Å². The third-order valence-corrected chi connectivity index (χ3v) is 2.83. The summed E-state index contributed by atoms with van der Waals surface area (Å²) in [5, 5.41) is 14.1. The van der Waals surface area contributed by atoms with Gasteiger partial charge in [-0.2, -0.15) is 0 Å². The molecule has 0 bridgehead atoms. The van der Waals surface area contributed by atoms with Gasteiger partial charge < -0.3 is 11.1 Å². The molecule has 0 atom stereocenters. The van der Waals surface area contributed by atoms with Crippen LogP contribution in [-0.4, -0.2) is 4.92 Å². The van der Waals surface area contributed by atoms with Crippen LogP contribution in [0.25, 0.3) is 0 Å². The molecule has 0 saturated heterocycles. The van der Waals surface area contributed by atoms with E-state index in [-0.39, 0.29) is 12.2 Å². The van der Waals surface area contributed by atoms with E-state index in [0.717, 1.165) is 16.8 Å². The van der Waals surface area contributed by atoms with Crippen LogP contribution in [0.3, 0.4) is 0 Å². The highest BCUT2D eigenvalue weighted by Gasteiger charge is 2.14. The third kappa shape index (κ3) is 3.08. The van der Waals surface area contributed by atoms with Crippen molar-refractivity contribution in [3.63, 3.8) is 0 Å². The van der Waals surface area contributed by atoms with Crippen LogP contribution in [0.4, 0.5) is 17.1 Å². The highest BCUT2D eigenvalue weighted by molar-refractivity contribution is 5.70. The molecule has 0 spiro atoms. The number of hydrogen-bond donors (Lipinski definition) is 2. The van der Waals surface area contributed by atoms with Crippen LogP contribution in [0, 0.1) is 17.0 Å². The molecule has 19 heavy (non-hydrogen) atoms. The number of rotatable bonds is 4. The van der Waals surface area contributed by atoms with Gasteiger partial charge in [0.1, 0.15) is 5.69 Å². The smallest absolute Gasteiger partial charge is 0.292 e. The van der Waals surface area contributed by atoms with Crippen molar-refractivity contribution < 1.29 is 4.92 Å². The molecule has 5 nitrogen and oxygen atoms in total. The Morgan fingerprint density at radius 2 is 1.89 bits per heavy atom. The number of nitrogens with one attached hydrogen (secondary N) is 1. The van der Waals surface area contributed by atoms with Gasteiger partial charge in [0.15, 0.2) is 0 Å². The second kappa shape index (κ2) is 5.49. The van der Waals surface area contributed by atoms with E-state index < -0.39 is 4.92 Å². The predicted molar refractivity (Wildman–Crippen MR) is 75.4 cm³/mol. The summed E-state index contributed by atoms with van der Waals surface area (Å²) in [4.78, 5) is 10.7. The Bertz CT molecular complexity index is 594. The van der Waals surface area contributed by atoms with Crippen LogP contribution in [0.2, 0.25) is 0 Å². The topological polar surface area (TPSA) is 81.2 Å². The Labute approximate surface area is 111 Å². The molecule has 0 aliphatic heterocycles. The average Bonchev–Trinajstić information content (AvgIpc) is 2.41. The van der Waals surface area contributed by atoms with E-state index in [9.17, 15) is 10.1 Å². The highest BCUT2D eigenvalue weighted by Crippen LogP contribution is 2.28. The van der Waals surface area contributed by atoms with Gasteiger partial charge in [-0.25, -0.2) is 0 Å². The lowest BCUT2D eigenvalue weighted by molar-refractivity contribution is -0.384. The summed E-state index contributed by atoms with van der Waals surface area (Å²) in [7, 11) is 0. The fraction of sp³-hybridized carbons (Fsp3) is 0.143. The standard InChI is InChI=1S/C14H15N3O2/c1-10-2-5-12(6-3-10)16-13-7-4-11(9-15)8-14(13)17(18)19/h2-8,16H,9,15H2,1H3. The van der Waals surface area contributed by atoms with Crippen molar-refractivity contribution in [2.24, 2.45) is 5.73 Å². The van der Waals surface area contributed by atoms with Crippen molar-refractivity contribution in [3.05, 3.63) is 63.7 Å². The minimum absolute atomic E-state index is 0.0310. The number of nitrogens with zero attached hydrogens (tertiary/aromatic N) is 1. The molecule has 0 radical (unpaired) electrons. The summed E-state index contributed by atoms with van der Waals surface area (Å²) in [6, 6.07) is 12.6. The average molecular weight is 257 g/mol. The van der Waals surface area contributed by atoms with Gasteiger partial charge in [0.2, 0.25) is 0 Å². The second-order valence-corrected chi connectivity index (χ2v) is 4.30. The largest absolute Gasteiger partial charge is 0.350 e. The molecule has 0 aliphatic carbocycles. The third-order valence-electron chi connectivity index (χ3n) is 2.83. The van der Waals surface area contributed by atoms with E-state index in [1.807, 2.05) is 31.2 Å². The van der Waals surface area contributed by atoms with E-state index in [1.54, 1.807) is 12.1 Å². The van der Waals surface area contributed by atoms with Gasteiger partial charge in [-0.05, 0) is 30.7 Å². The lowest BCUT2D eigenvalue weighted by Gasteiger charge is -2.08. The second-order valence-electron chi connectivity index (χ2n) is 4.30. The Kier molecular flexibility index (Phi) is 3.77. The summed E-state index contributed by atoms with van der Waals surface area (Å²) >= 11 is 0. The van der Waals surface area contributed by atoms with Crippen LogP contribution >= 0.6 is 0 Å². The van der Waals surface area contributed by atoms with E-state index in [4.69, 9.17) is 5.73 Å². The Balaban J connectivity index is 2.33. The number of hydrogen-bond acceptors (Lipinski definition) is 4. The molecule has 0 fully saturated rings. The van der Waals surface area contributed by atoms with Gasteiger partial charge in [0.25, 0.3) is 5.69 Å². The monoisotopic (exact) mass is 257 g/mol. The maximum absolute atomic E-state index is 11.1. The van der Waals surface area contributed by atoms with Crippen LogP contribution in [0.1, 0.15) is 11.1 Å². The van der Waals surface area contributed by atoms with E-state index in [0.29, 0.717) is 5.69 Å². The van der Waals surface area contributed by atoms with Gasteiger partial charge in [0.05, 0.1) is 4.92 Å². The fourth-order valence-corrected chi connectivity index (χ4v) is 1.75. The summed E-state index contributed by atoms with van der Waals surface area (Å²) in [6.45, 7) is 2.27. The van der Waals surface area contributed by atoms with E-state index in [2.05, 4.69) is 5.32 Å². The van der Waals surface area contributed by atoms with E-state index in [1.165, 1.54) is 6.07 Å². The molecule has 0 saturated carbocycles. The maximum Gasteiger partial charge on any atom is 0.292 e. The first-order chi connectivity index (χ1) is 9.10. The van der Waals surface area contributed by atoms with Crippen LogP contribution < -0.4 is 11.1 Å². The fourth-order valence-electron chi connectivity index (χ4n) is 1.75. The first-order valence-electron chi connectivity index (χ1n) is 5.91. The van der Waals surface area contributed by atoms with E-state index >= 15 is 0 Å². The maximum atomic E-state index is 11.1. The molecule has 98 valence electrons. The summed E-state index contributed by atoms with van der Waals surface area (Å²) < 4.78 is 0. The summed E-state index contributed by atoms with van der Waals surface area (Å²) in [5.41, 5.74) is 8.68. The molecule has 0 amide bonds. The molecule has 5 heteroatoms. The number of anilines is 2. The molecule has 3 N–H and O–H groups in total. The molecule has 0 unspecified atom stereocenters. The summed E-state index contributed by atoms with van der Waals surface area (Å²) in [5.74, 6) is 0. The molecule has 2 aromatic carbocycles. The van der Waals surface area contributed by atoms with Crippen molar-refractivity contribution in [1.82, 2.24) is 0 Å². The van der Waals surface area contributed by atoms with Crippen molar-refractivity contribution in [2.45, 2.75) is 13.5 Å². The first kappa shape index (κ1) is 13.0. The van der Waals surface area contributed by atoms with Gasteiger partial charge in [-0.3, -0.25) is 10.1 Å². The van der Waals surface area contributed by atoms with Gasteiger partial charge >= 0.3 is 0 Å². The number of nitro groups is 1. The predicted octanol–water partition coefficient (Wildman–Crippen LogP) is 3.11. The number of nitrogens with two attached hydrogens (primary N) is 1. The SMILES string of the molecule is Cc1ccc(Nc2ccc(CN)cc2[N+](=O)[O-])cc1. The molecule has 2 rings (SSSR count). The number of aryl methyl sites for hydroxylation is 1. The van der Waals surface area contributed by atoms with Crippen molar-refractivity contribution in [3.8, 4) is 0 Å². The van der Waals surface area contributed by atoms with Gasteiger partial charge in [-0.15, -0.1) is 0 Å². The lowest BCUT2D eigenvalue weighted by atomic mass is 10.1. The zero-order chi connectivity index (χ0) is 13.8. The van der Waals surface area contributed by atoms with Gasteiger partial charge in [0, 0.05) is 18.3 Å². The molecule has 0 aliphatic rings. The van der Waals surface area contributed by atoms with Gasteiger partial charge in [-0.1, -0.05) is 23.8 Å². The Morgan fingerprint density at radius 3 is 2.47 bits per heavy atom. The van der Waals surface area contributed by atoms with Crippen LogP contribution in [0.5, 0.6) is 0 Å². The molecular formula is C14H15N3O2. The Hall–Kier alpha value is -2.40. The number of benzene rings is 2. The minimum Gasteiger partial charge on any atom is -0.350 e. The minimum atomic E-state index is -0.407. The quantitative estimate of drug-likeness (QED) is 0.651. The van der Waals surface area contributed by atoms with Crippen molar-refractivity contribution >= 4 is 17.1 Å².